The first kappa shape index (κ1) is 32.8. The van der Waals surface area contributed by atoms with Gasteiger partial charge in [0, 0.05) is 65.4 Å². The molecule has 0 bridgehead atoms. The molecule has 8 nitrogen and oxygen atoms in total. The van der Waals surface area contributed by atoms with Gasteiger partial charge in [0.15, 0.2) is 0 Å². The van der Waals surface area contributed by atoms with Crippen LogP contribution in [0.1, 0.15) is 54.1 Å². The van der Waals surface area contributed by atoms with Gasteiger partial charge in [0.05, 0.1) is 25.3 Å². The lowest BCUT2D eigenvalue weighted by Gasteiger charge is -2.15. The summed E-state index contributed by atoms with van der Waals surface area (Å²) in [6.45, 7) is 14.9. The lowest BCUT2D eigenvalue weighted by Crippen LogP contribution is -2.13. The number of thiophene rings is 2. The molecular weight excluding hydrogens is 737 g/mol. The second kappa shape index (κ2) is 11.2. The standard InChI is InChI=1S/C40H12F4N6O2S2/c1-47-27(15-45)31-17-7-3-5-9-19(17)35(51)33(31)49-29-13-25-37(53-29)21-11-24-22(12-23(21)39(25,41)42)38-26(40(24,43)44)14-30(54-38)50-34-32(28(16-46)48-2)18-8-4-6-10-20(18)36(34)52/h3-14H/b31-27-,32-28+,49-33-,50-34-. The molecule has 0 fully saturated rings. The lowest BCUT2D eigenvalue weighted by molar-refractivity contribution is 0.0453. The van der Waals surface area contributed by atoms with Crippen molar-refractivity contribution in [2.24, 2.45) is 9.98 Å². The number of alkyl halides is 4. The fourth-order valence-electron chi connectivity index (χ4n) is 7.24. The Hall–Kier alpha value is -7.10. The van der Waals surface area contributed by atoms with E-state index in [1.165, 1.54) is 12.1 Å². The monoisotopic (exact) mass is 748 g/mol. The SMILES string of the molecule is [C-]#[N+]/C(C#N)=C1\C(=N\c2cc3c(s2)-c2cc4c(cc2C3(F)F)-c2sc(/N=C3\C(=O)c5ccccc5\C3=C(\C#N)[N+]#[C-])cc2C4(F)F)C(=O)c2ccccc21. The Balaban J connectivity index is 1.14. The molecule has 0 unspecified atom stereocenters. The highest BCUT2D eigenvalue weighted by Crippen LogP contribution is 2.62. The molecule has 14 heteroatoms. The highest BCUT2D eigenvalue weighted by Gasteiger charge is 2.52. The van der Waals surface area contributed by atoms with Gasteiger partial charge in [-0.25, -0.2) is 30.2 Å². The summed E-state index contributed by atoms with van der Waals surface area (Å²) in [5, 5.41) is 19.1. The molecule has 4 aliphatic carbocycles. The summed E-state index contributed by atoms with van der Waals surface area (Å²) in [5.41, 5.74) is -2.47. The Kier molecular flexibility index (Phi) is 6.80. The average Bonchev–Trinajstić information content (AvgIpc) is 3.98. The second-order valence-corrected chi connectivity index (χ2v) is 14.4. The molecule has 4 aliphatic rings. The van der Waals surface area contributed by atoms with E-state index in [1.54, 1.807) is 48.5 Å². The van der Waals surface area contributed by atoms with E-state index in [1.807, 2.05) is 0 Å². The van der Waals surface area contributed by atoms with Crippen molar-refractivity contribution in [3.63, 3.8) is 0 Å². The summed E-state index contributed by atoms with van der Waals surface area (Å²) >= 11 is 1.55. The predicted molar refractivity (Wildman–Crippen MR) is 193 cm³/mol. The fraction of sp³-hybridized carbons (Fsp3) is 0.0500. The van der Waals surface area contributed by atoms with E-state index in [0.29, 0.717) is 11.1 Å². The van der Waals surface area contributed by atoms with Gasteiger partial charge < -0.3 is 0 Å². The normalized spacial score (nSPS) is 19.6. The third-order valence-electron chi connectivity index (χ3n) is 9.58. The third-order valence-corrected chi connectivity index (χ3v) is 11.7. The molecule has 0 atom stereocenters. The molecule has 5 aromatic rings. The molecule has 0 N–H and O–H groups in total. The number of carbonyl (C=O) groups is 2. The number of aliphatic imine (C=N–C) groups is 2. The predicted octanol–water partition coefficient (Wildman–Crippen LogP) is 10.3. The van der Waals surface area contributed by atoms with Crippen LogP contribution in [0.15, 0.2) is 94.2 Å². The number of allylic oxidation sites excluding steroid dienone is 4. The molecule has 0 amide bonds. The van der Waals surface area contributed by atoms with E-state index in [9.17, 15) is 20.1 Å². The minimum atomic E-state index is -3.64. The Morgan fingerprint density at radius 3 is 1.31 bits per heavy atom. The Labute approximate surface area is 309 Å². The highest BCUT2D eigenvalue weighted by molar-refractivity contribution is 7.20. The number of carbonyl (C=O) groups excluding carboxylic acids is 2. The minimum Gasteiger partial charge on any atom is -0.287 e. The van der Waals surface area contributed by atoms with Gasteiger partial charge in [0.2, 0.25) is 11.6 Å². The smallest absolute Gasteiger partial charge is 0.287 e. The van der Waals surface area contributed by atoms with Crippen LogP contribution in [0.2, 0.25) is 0 Å². The average molecular weight is 749 g/mol. The molecule has 0 spiro atoms. The summed E-state index contributed by atoms with van der Waals surface area (Å²) < 4.78 is 64.9. The zero-order chi connectivity index (χ0) is 37.8. The first-order valence-corrected chi connectivity index (χ1v) is 17.3. The van der Waals surface area contributed by atoms with Gasteiger partial charge in [-0.2, -0.15) is 17.6 Å². The van der Waals surface area contributed by atoms with Crippen LogP contribution < -0.4 is 0 Å². The van der Waals surface area contributed by atoms with Crippen molar-refractivity contribution in [2.75, 3.05) is 0 Å². The number of fused-ring (bicyclic) bond motifs is 8. The van der Waals surface area contributed by atoms with Gasteiger partial charge in [-0.15, -0.1) is 22.7 Å². The van der Waals surface area contributed by atoms with E-state index in [4.69, 9.17) is 13.1 Å². The maximum Gasteiger partial charge on any atom is 0.300 e. The van der Waals surface area contributed by atoms with Crippen molar-refractivity contribution < 1.29 is 27.2 Å². The van der Waals surface area contributed by atoms with Gasteiger partial charge in [-0.05, 0) is 35.4 Å². The Bertz CT molecular complexity index is 2760. The van der Waals surface area contributed by atoms with Crippen LogP contribution in [0.25, 0.3) is 41.7 Å². The van der Waals surface area contributed by atoms with E-state index in [2.05, 4.69) is 19.7 Å². The molecule has 9 rings (SSSR count). The summed E-state index contributed by atoms with van der Waals surface area (Å²) in [5.74, 6) is -8.45. The maximum atomic E-state index is 16.2. The largest absolute Gasteiger partial charge is 0.300 e. The molecule has 0 saturated carbocycles. The number of hydrogen-bond donors (Lipinski definition) is 0. The molecule has 0 aliphatic heterocycles. The van der Waals surface area contributed by atoms with Crippen molar-refractivity contribution in [1.82, 2.24) is 0 Å². The number of halogens is 4. The molecule has 2 aromatic heterocycles. The van der Waals surface area contributed by atoms with E-state index in [-0.39, 0.29) is 64.6 Å². The van der Waals surface area contributed by atoms with Crippen molar-refractivity contribution in [1.29, 1.82) is 10.5 Å². The van der Waals surface area contributed by atoms with Crippen molar-refractivity contribution >= 4 is 66.8 Å². The van der Waals surface area contributed by atoms with E-state index < -0.39 is 57.1 Å². The van der Waals surface area contributed by atoms with Crippen LogP contribution >= 0.6 is 22.7 Å². The van der Waals surface area contributed by atoms with Gasteiger partial charge in [0.1, 0.15) is 21.4 Å². The van der Waals surface area contributed by atoms with Gasteiger partial charge in [-0.1, -0.05) is 48.5 Å². The van der Waals surface area contributed by atoms with Gasteiger partial charge in [0.25, 0.3) is 11.4 Å². The zero-order valence-corrected chi connectivity index (χ0v) is 28.4. The first-order chi connectivity index (χ1) is 25.9. The summed E-state index contributed by atoms with van der Waals surface area (Å²) in [6.07, 6.45) is 0. The number of benzene rings is 3. The van der Waals surface area contributed by atoms with Crippen LogP contribution in [-0.2, 0) is 11.8 Å². The lowest BCUT2D eigenvalue weighted by atomic mass is 9.99. The molecule has 3 aromatic carbocycles. The van der Waals surface area contributed by atoms with Crippen molar-refractivity contribution in [2.45, 2.75) is 11.8 Å². The van der Waals surface area contributed by atoms with Crippen LogP contribution in [0, 0.1) is 35.8 Å². The topological polar surface area (TPSA) is 115 Å². The van der Waals surface area contributed by atoms with Crippen LogP contribution in [-0.4, -0.2) is 23.0 Å². The van der Waals surface area contributed by atoms with Crippen LogP contribution in [0.4, 0.5) is 27.6 Å². The molecule has 2 heterocycles. The molecule has 0 radical (unpaired) electrons. The van der Waals surface area contributed by atoms with Gasteiger partial charge in [-0.3, -0.25) is 9.59 Å². The number of rotatable bonds is 2. The Morgan fingerprint density at radius 2 is 0.963 bits per heavy atom. The van der Waals surface area contributed by atoms with E-state index in [0.717, 1.165) is 46.9 Å². The summed E-state index contributed by atoms with van der Waals surface area (Å²) in [6, 6.07) is 20.4. The summed E-state index contributed by atoms with van der Waals surface area (Å²) in [7, 11) is 0. The molecular formula is C40H12F4N6O2S2. The van der Waals surface area contributed by atoms with Crippen molar-refractivity contribution in [3.8, 4) is 33.0 Å². The third kappa shape index (κ3) is 4.24. The first-order valence-electron chi connectivity index (χ1n) is 15.7. The van der Waals surface area contributed by atoms with Crippen molar-refractivity contribution in [3.05, 3.63) is 152 Å². The van der Waals surface area contributed by atoms with Crippen LogP contribution in [0.3, 0.4) is 0 Å². The molecule has 54 heavy (non-hydrogen) atoms. The highest BCUT2D eigenvalue weighted by atomic mass is 32.1. The zero-order valence-electron chi connectivity index (χ0n) is 26.8. The van der Waals surface area contributed by atoms with Crippen LogP contribution in [0.5, 0.6) is 0 Å². The number of nitriles is 2. The minimum absolute atomic E-state index is 0.00657. The quantitative estimate of drug-likeness (QED) is 0.102. The van der Waals surface area contributed by atoms with E-state index >= 15 is 17.6 Å². The number of hydrogen-bond acceptors (Lipinski definition) is 8. The number of Topliss-reactive ketones (excluding diaryl/α,β-unsaturated/α-hetero) is 2. The number of ketones is 2. The number of nitrogens with zero attached hydrogens (tertiary/aromatic N) is 6. The second-order valence-electron chi connectivity index (χ2n) is 12.3. The maximum absolute atomic E-state index is 16.2. The molecule has 0 saturated heterocycles. The fourth-order valence-corrected chi connectivity index (χ4v) is 9.44. The summed E-state index contributed by atoms with van der Waals surface area (Å²) in [4.78, 5) is 41.8. The Morgan fingerprint density at radius 1 is 0.593 bits per heavy atom. The molecule has 254 valence electrons. The van der Waals surface area contributed by atoms with Gasteiger partial charge >= 0.3 is 11.8 Å².